The Labute approximate surface area is 348 Å². The summed E-state index contributed by atoms with van der Waals surface area (Å²) in [5.74, 6) is 1.38. The van der Waals surface area contributed by atoms with Crippen molar-refractivity contribution in [2.45, 2.75) is 97.1 Å². The third kappa shape index (κ3) is 7.32. The Bertz CT molecular complexity index is 2460. The van der Waals surface area contributed by atoms with E-state index in [4.69, 9.17) is 19.4 Å². The molecule has 2 saturated heterocycles. The fraction of sp³-hybridized carbons (Fsp3) is 0.455. The van der Waals surface area contributed by atoms with Gasteiger partial charge >= 0.3 is 12.2 Å². The minimum absolute atomic E-state index is 0.126. The molecular formula is C44H53N9O7. The monoisotopic (exact) mass is 819 g/mol. The number of nitrogens with one attached hydrogen (secondary N) is 4. The highest BCUT2D eigenvalue weighted by Crippen LogP contribution is 2.46. The first-order chi connectivity index (χ1) is 28.6. The third-order valence-corrected chi connectivity index (χ3v) is 12.1. The van der Waals surface area contributed by atoms with Gasteiger partial charge in [0.25, 0.3) is 0 Å². The molecule has 4 amide bonds. The number of carboxylic acid groups (broad SMARTS) is 1. The Morgan fingerprint density at radius 3 is 1.92 bits per heavy atom. The summed E-state index contributed by atoms with van der Waals surface area (Å²) in [6.45, 7) is 12.7. The van der Waals surface area contributed by atoms with Crippen molar-refractivity contribution in [2.75, 3.05) is 20.2 Å². The van der Waals surface area contributed by atoms with Gasteiger partial charge in [-0.15, -0.1) is 0 Å². The predicted molar refractivity (Wildman–Crippen MR) is 224 cm³/mol. The molecule has 0 aliphatic carbocycles. The number of aromatic amines is 2. The second kappa shape index (κ2) is 15.7. The number of hydrogen-bond donors (Lipinski definition) is 5. The number of carbonyl (C=O) groups excluding carboxylic acids is 3. The summed E-state index contributed by atoms with van der Waals surface area (Å²) in [4.78, 5) is 70.6. The van der Waals surface area contributed by atoms with Gasteiger partial charge in [-0.3, -0.25) is 9.59 Å². The van der Waals surface area contributed by atoms with E-state index in [1.807, 2.05) is 53.7 Å². The van der Waals surface area contributed by atoms with Gasteiger partial charge in [-0.2, -0.15) is 0 Å². The van der Waals surface area contributed by atoms with Gasteiger partial charge in [0.05, 0.1) is 54.2 Å². The molecule has 0 spiro atoms. The molecule has 3 aliphatic heterocycles. The van der Waals surface area contributed by atoms with Crippen LogP contribution in [0.15, 0.2) is 54.9 Å². The largest absolute Gasteiger partial charge is 0.467 e. The predicted octanol–water partition coefficient (Wildman–Crippen LogP) is 7.17. The van der Waals surface area contributed by atoms with Crippen molar-refractivity contribution in [2.24, 2.45) is 11.8 Å². The van der Waals surface area contributed by atoms with Crippen molar-refractivity contribution < 1.29 is 33.8 Å². The Morgan fingerprint density at radius 1 is 0.817 bits per heavy atom. The molecule has 3 aliphatic rings. The SMILES string of the molecule is COC(=O)NC(C(=O)N1CCC[C@H]1c1ncc(-c2ccc3c(c2)OC(C)(C)n2c-3cc3cc(-c4cnc([C@@H]5CCCN5C(=O)C(NC(=O)O)C(C)C)[nH]4)ccc32)[nH]1)C(C)C. The van der Waals surface area contributed by atoms with E-state index in [0.717, 1.165) is 76.1 Å². The molecule has 0 bridgehead atoms. The molecule has 16 heteroatoms. The maximum absolute atomic E-state index is 13.7. The number of imidazole rings is 2. The van der Waals surface area contributed by atoms with E-state index in [1.54, 1.807) is 22.2 Å². The molecule has 4 atom stereocenters. The smallest absolute Gasteiger partial charge is 0.407 e. The third-order valence-electron chi connectivity index (χ3n) is 12.1. The zero-order valence-corrected chi connectivity index (χ0v) is 35.0. The van der Waals surface area contributed by atoms with Gasteiger partial charge in [0.2, 0.25) is 11.8 Å². The van der Waals surface area contributed by atoms with Crippen LogP contribution in [0.3, 0.4) is 0 Å². The minimum atomic E-state index is -1.22. The van der Waals surface area contributed by atoms with E-state index >= 15 is 0 Å². The Kier molecular flexibility index (Phi) is 10.6. The number of aromatic nitrogens is 5. The quantitative estimate of drug-likeness (QED) is 0.0969. The zero-order valence-electron chi connectivity index (χ0n) is 35.0. The highest BCUT2D eigenvalue weighted by atomic mass is 16.5. The van der Waals surface area contributed by atoms with Crippen LogP contribution in [-0.4, -0.2) is 95.7 Å². The topological polar surface area (TPSA) is 200 Å². The van der Waals surface area contributed by atoms with Gasteiger partial charge in [-0.1, -0.05) is 39.8 Å². The van der Waals surface area contributed by atoms with Crippen LogP contribution in [0, 0.1) is 11.8 Å². The Balaban J connectivity index is 1.03. The summed E-state index contributed by atoms with van der Waals surface area (Å²) >= 11 is 0. The van der Waals surface area contributed by atoms with Crippen molar-refractivity contribution in [3.63, 3.8) is 0 Å². The van der Waals surface area contributed by atoms with Crippen LogP contribution in [0.5, 0.6) is 5.75 Å². The summed E-state index contributed by atoms with van der Waals surface area (Å²) in [6, 6.07) is 12.5. The lowest BCUT2D eigenvalue weighted by atomic mass is 10.0. The van der Waals surface area contributed by atoms with Crippen LogP contribution in [0.2, 0.25) is 0 Å². The number of likely N-dealkylation sites (tertiary alicyclic amines) is 2. The number of ether oxygens (including phenoxy) is 2. The molecule has 3 aromatic heterocycles. The molecule has 60 heavy (non-hydrogen) atoms. The van der Waals surface area contributed by atoms with E-state index in [2.05, 4.69) is 55.5 Å². The van der Waals surface area contributed by atoms with E-state index < -0.39 is 30.0 Å². The van der Waals surface area contributed by atoms with Gasteiger partial charge in [0, 0.05) is 35.2 Å². The lowest BCUT2D eigenvalue weighted by Gasteiger charge is -2.36. The molecule has 16 nitrogen and oxygen atoms in total. The highest BCUT2D eigenvalue weighted by Gasteiger charge is 2.40. The molecule has 316 valence electrons. The first kappa shape index (κ1) is 40.5. The number of H-pyrrole nitrogens is 2. The van der Waals surface area contributed by atoms with Crippen molar-refractivity contribution >= 4 is 34.9 Å². The number of amides is 4. The van der Waals surface area contributed by atoms with Gasteiger partial charge in [-0.05, 0) is 81.7 Å². The van der Waals surface area contributed by atoms with Crippen LogP contribution < -0.4 is 15.4 Å². The number of carbonyl (C=O) groups is 4. The normalized spacial score (nSPS) is 19.2. The summed E-state index contributed by atoms with van der Waals surface area (Å²) in [5, 5.41) is 15.5. The lowest BCUT2D eigenvalue weighted by Crippen LogP contribution is -2.51. The number of methoxy groups -OCH3 is 1. The molecule has 8 rings (SSSR count). The number of fused-ring (bicyclic) bond motifs is 5. The Morgan fingerprint density at radius 2 is 1.37 bits per heavy atom. The molecule has 5 N–H and O–H groups in total. The van der Waals surface area contributed by atoms with Crippen LogP contribution in [-0.2, 0) is 20.1 Å². The first-order valence-corrected chi connectivity index (χ1v) is 20.7. The van der Waals surface area contributed by atoms with E-state index in [1.165, 1.54) is 7.11 Å². The number of rotatable bonds is 10. The highest BCUT2D eigenvalue weighted by molar-refractivity contribution is 5.93. The average molecular weight is 820 g/mol. The molecule has 0 saturated carbocycles. The fourth-order valence-electron chi connectivity index (χ4n) is 9.10. The lowest BCUT2D eigenvalue weighted by molar-refractivity contribution is -0.136. The number of hydrogen-bond acceptors (Lipinski definition) is 8. The second-order valence-corrected chi connectivity index (χ2v) is 17.2. The maximum atomic E-state index is 13.7. The van der Waals surface area contributed by atoms with Crippen molar-refractivity contribution in [1.29, 1.82) is 0 Å². The average Bonchev–Trinajstić information content (AvgIpc) is 4.06. The summed E-state index contributed by atoms with van der Waals surface area (Å²) in [7, 11) is 1.29. The summed E-state index contributed by atoms with van der Waals surface area (Å²) < 4.78 is 13.7. The maximum Gasteiger partial charge on any atom is 0.407 e. The fourth-order valence-corrected chi connectivity index (χ4v) is 9.10. The first-order valence-electron chi connectivity index (χ1n) is 20.7. The molecule has 2 unspecified atom stereocenters. The van der Waals surface area contributed by atoms with Crippen molar-refractivity contribution in [3.8, 4) is 39.5 Å². The van der Waals surface area contributed by atoms with Crippen LogP contribution in [0.25, 0.3) is 44.7 Å². The molecule has 6 heterocycles. The minimum Gasteiger partial charge on any atom is -0.467 e. The second-order valence-electron chi connectivity index (χ2n) is 17.2. The van der Waals surface area contributed by atoms with Crippen LogP contribution in [0.1, 0.15) is 91.0 Å². The van der Waals surface area contributed by atoms with Crippen molar-refractivity contribution in [3.05, 3.63) is 66.5 Å². The van der Waals surface area contributed by atoms with E-state index in [0.29, 0.717) is 24.7 Å². The number of alkyl carbamates (subject to hydrolysis) is 1. The molecular weight excluding hydrogens is 767 g/mol. The molecule has 2 aromatic carbocycles. The van der Waals surface area contributed by atoms with Gasteiger partial charge < -0.3 is 49.5 Å². The van der Waals surface area contributed by atoms with Crippen LogP contribution >= 0.6 is 0 Å². The van der Waals surface area contributed by atoms with Crippen LogP contribution in [0.4, 0.5) is 9.59 Å². The van der Waals surface area contributed by atoms with Gasteiger partial charge in [-0.25, -0.2) is 19.6 Å². The molecule has 2 fully saturated rings. The van der Waals surface area contributed by atoms with Crippen molar-refractivity contribution in [1.82, 2.24) is 44.9 Å². The van der Waals surface area contributed by atoms with Gasteiger partial charge in [0.15, 0.2) is 5.72 Å². The molecule has 5 aromatic rings. The van der Waals surface area contributed by atoms with Gasteiger partial charge in [0.1, 0.15) is 29.5 Å². The summed E-state index contributed by atoms with van der Waals surface area (Å²) in [6.07, 6.45) is 4.84. The summed E-state index contributed by atoms with van der Waals surface area (Å²) in [5.41, 5.74) is 5.73. The van der Waals surface area contributed by atoms with E-state index in [-0.39, 0.29) is 35.7 Å². The number of benzene rings is 2. The standard InChI is InChI=1S/C44H53N9O7/c1-23(2)36(49-42(56)57)40(54)51-16-8-10-32(51)38-45-21-29(47-38)25-13-15-31-27(18-25)19-34-28-14-12-26(20-35(28)60-44(5,6)53(31)34)30-22-46-39(48-30)33-11-9-17-52(33)41(55)37(24(3)4)50-43(58)59-7/h12-15,18-24,32-33,36-37,49H,8-11,16-17H2,1-7H3,(H,45,47)(H,46,48)(H,50,58)(H,56,57)/t32-,33-,36?,37?/m0/s1. The van der Waals surface area contributed by atoms with E-state index in [9.17, 15) is 24.3 Å². The molecule has 0 radical (unpaired) electrons. The zero-order chi connectivity index (χ0) is 42.6. The number of nitrogens with zero attached hydrogens (tertiary/aromatic N) is 5. The Hall–Kier alpha value is -6.32.